The number of thiophene rings is 1. The number of hydrogen-bond acceptors (Lipinski definition) is 6. The van der Waals surface area contributed by atoms with E-state index in [1.165, 1.54) is 28.4 Å². The second-order valence-corrected chi connectivity index (χ2v) is 10.2. The summed E-state index contributed by atoms with van der Waals surface area (Å²) < 4.78 is 13.4. The monoisotopic (exact) mass is 489 g/mol. The van der Waals surface area contributed by atoms with Gasteiger partial charge in [-0.25, -0.2) is 4.39 Å². The maximum Gasteiger partial charge on any atom is 0.266 e. The normalized spacial score (nSPS) is 17.0. The number of amides is 3. The van der Waals surface area contributed by atoms with Gasteiger partial charge in [0.15, 0.2) is 0 Å². The molecule has 0 unspecified atom stereocenters. The first-order chi connectivity index (χ1) is 15.3. The summed E-state index contributed by atoms with van der Waals surface area (Å²) in [5.74, 6) is -1.50. The summed E-state index contributed by atoms with van der Waals surface area (Å²) in [6.45, 7) is 0.119. The minimum Gasteiger partial charge on any atom is -0.365 e. The maximum absolute atomic E-state index is 13.1. The van der Waals surface area contributed by atoms with Crippen molar-refractivity contribution in [3.8, 4) is 0 Å². The van der Waals surface area contributed by atoms with Crippen molar-refractivity contribution in [3.63, 3.8) is 0 Å². The van der Waals surface area contributed by atoms with Crippen LogP contribution in [0.15, 0.2) is 29.2 Å². The number of nitrogens with zero attached hydrogens (tertiary/aromatic N) is 1. The molecule has 0 atom stereocenters. The highest BCUT2D eigenvalue weighted by molar-refractivity contribution is 8.26. The molecule has 1 aromatic heterocycles. The van der Waals surface area contributed by atoms with Gasteiger partial charge in [0, 0.05) is 17.8 Å². The quantitative estimate of drug-likeness (QED) is 0.471. The highest BCUT2D eigenvalue weighted by Crippen LogP contribution is 2.38. The van der Waals surface area contributed by atoms with Crippen LogP contribution in [-0.4, -0.2) is 33.5 Å². The van der Waals surface area contributed by atoms with Crippen LogP contribution in [0.1, 0.15) is 45.6 Å². The third-order valence-electron chi connectivity index (χ3n) is 5.27. The number of carbonyl (C=O) groups excluding carboxylic acids is 3. The molecule has 2 aromatic rings. The van der Waals surface area contributed by atoms with Crippen molar-refractivity contribution in [1.82, 2.24) is 4.90 Å². The van der Waals surface area contributed by atoms with Gasteiger partial charge < -0.3 is 11.1 Å². The van der Waals surface area contributed by atoms with Crippen LogP contribution in [-0.2, 0) is 22.4 Å². The number of thiocarbonyl (C=S) groups is 1. The number of thioether (sulfide) groups is 1. The lowest BCUT2D eigenvalue weighted by Crippen LogP contribution is -2.31. The predicted octanol–water partition coefficient (Wildman–Crippen LogP) is 4.09. The van der Waals surface area contributed by atoms with Gasteiger partial charge in [0.1, 0.15) is 15.1 Å². The average Bonchev–Trinajstić information content (AvgIpc) is 3.24. The molecular formula is C22H20FN3O3S3. The number of fused-ring (bicyclic) bond motifs is 1. The Bertz CT molecular complexity index is 1140. The van der Waals surface area contributed by atoms with E-state index in [1.54, 1.807) is 18.2 Å². The second kappa shape index (κ2) is 9.51. The lowest BCUT2D eigenvalue weighted by atomic mass is 9.95. The average molecular weight is 490 g/mol. The van der Waals surface area contributed by atoms with Gasteiger partial charge in [0.25, 0.3) is 11.8 Å². The van der Waals surface area contributed by atoms with Gasteiger partial charge >= 0.3 is 0 Å². The van der Waals surface area contributed by atoms with Gasteiger partial charge in [0.05, 0.1) is 10.5 Å². The smallest absolute Gasteiger partial charge is 0.266 e. The molecule has 0 bridgehead atoms. The third kappa shape index (κ3) is 4.77. The molecule has 10 heteroatoms. The molecule has 6 nitrogen and oxygen atoms in total. The van der Waals surface area contributed by atoms with E-state index in [9.17, 15) is 18.8 Å². The highest BCUT2D eigenvalue weighted by atomic mass is 32.2. The van der Waals surface area contributed by atoms with E-state index in [1.807, 2.05) is 0 Å². The van der Waals surface area contributed by atoms with Crippen molar-refractivity contribution in [3.05, 3.63) is 56.6 Å². The van der Waals surface area contributed by atoms with Crippen molar-refractivity contribution in [2.45, 2.75) is 32.1 Å². The lowest BCUT2D eigenvalue weighted by Gasteiger charge is -2.14. The Balaban J connectivity index is 1.41. The van der Waals surface area contributed by atoms with Crippen LogP contribution >= 0.6 is 35.3 Å². The molecule has 0 spiro atoms. The fourth-order valence-electron chi connectivity index (χ4n) is 3.72. The topological polar surface area (TPSA) is 92.5 Å². The minimum atomic E-state index is -0.539. The molecule has 1 aromatic carbocycles. The van der Waals surface area contributed by atoms with Gasteiger partial charge in [-0.2, -0.15) is 0 Å². The molecule has 1 fully saturated rings. The van der Waals surface area contributed by atoms with Crippen molar-refractivity contribution >= 4 is 68.4 Å². The summed E-state index contributed by atoms with van der Waals surface area (Å²) in [6, 6.07) is 5.79. The fraction of sp³-hybridized carbons (Fsp3) is 0.273. The van der Waals surface area contributed by atoms with Crippen LogP contribution in [0.3, 0.4) is 0 Å². The standard InChI is InChI=1S/C22H20FN3O3S3/c23-13-7-5-12(6-8-13)11-16-21(29)26(22(30)32-16)10-9-17(27)25-20-18(19(24)28)14-3-1-2-4-15(14)31-20/h5-8,11H,1-4,9-10H2,(H2,24,28)(H,25,27). The molecule has 2 heterocycles. The molecule has 4 rings (SSSR count). The largest absolute Gasteiger partial charge is 0.365 e. The van der Waals surface area contributed by atoms with E-state index in [-0.39, 0.29) is 30.6 Å². The van der Waals surface area contributed by atoms with E-state index in [4.69, 9.17) is 18.0 Å². The zero-order chi connectivity index (χ0) is 22.8. The van der Waals surface area contributed by atoms with E-state index in [0.29, 0.717) is 25.4 Å². The van der Waals surface area contributed by atoms with Gasteiger partial charge in [-0.15, -0.1) is 11.3 Å². The molecule has 1 aliphatic carbocycles. The van der Waals surface area contributed by atoms with E-state index < -0.39 is 5.91 Å². The second-order valence-electron chi connectivity index (χ2n) is 7.46. The van der Waals surface area contributed by atoms with Crippen LogP contribution in [0.4, 0.5) is 9.39 Å². The van der Waals surface area contributed by atoms with Gasteiger partial charge in [-0.1, -0.05) is 36.1 Å². The first kappa shape index (κ1) is 22.6. The zero-order valence-electron chi connectivity index (χ0n) is 17.0. The number of nitrogens with two attached hydrogens (primary N) is 1. The summed E-state index contributed by atoms with van der Waals surface area (Å²) in [4.78, 5) is 40.2. The summed E-state index contributed by atoms with van der Waals surface area (Å²) in [6.07, 6.45) is 5.39. The SMILES string of the molecule is NC(=O)c1c(NC(=O)CCN2C(=O)C(=Cc3ccc(F)cc3)SC2=S)sc2c1CCCC2. The van der Waals surface area contributed by atoms with Crippen LogP contribution in [0.5, 0.6) is 0 Å². The molecular weight excluding hydrogens is 469 g/mol. The van der Waals surface area contributed by atoms with Crippen LogP contribution in [0, 0.1) is 5.82 Å². The Morgan fingerprint density at radius 1 is 1.22 bits per heavy atom. The molecule has 0 radical (unpaired) electrons. The molecule has 1 saturated heterocycles. The summed E-state index contributed by atoms with van der Waals surface area (Å²) in [5, 5.41) is 3.28. The van der Waals surface area contributed by atoms with E-state index in [2.05, 4.69) is 5.32 Å². The van der Waals surface area contributed by atoms with Crippen molar-refractivity contribution in [2.75, 3.05) is 11.9 Å². The zero-order valence-corrected chi connectivity index (χ0v) is 19.4. The summed E-state index contributed by atoms with van der Waals surface area (Å²) in [7, 11) is 0. The van der Waals surface area contributed by atoms with Crippen molar-refractivity contribution in [2.24, 2.45) is 5.73 Å². The first-order valence-electron chi connectivity index (χ1n) is 10.1. The fourth-order valence-corrected chi connectivity index (χ4v) is 6.34. The van der Waals surface area contributed by atoms with Crippen LogP contribution in [0.25, 0.3) is 6.08 Å². The number of hydrogen-bond donors (Lipinski definition) is 2. The lowest BCUT2D eigenvalue weighted by molar-refractivity contribution is -0.122. The highest BCUT2D eigenvalue weighted by Gasteiger charge is 2.32. The minimum absolute atomic E-state index is 0.0248. The number of halogens is 1. The van der Waals surface area contributed by atoms with Crippen LogP contribution in [0.2, 0.25) is 0 Å². The van der Waals surface area contributed by atoms with Crippen molar-refractivity contribution < 1.29 is 18.8 Å². The first-order valence-corrected chi connectivity index (χ1v) is 12.1. The Kier molecular flexibility index (Phi) is 6.73. The molecule has 1 aliphatic heterocycles. The van der Waals surface area contributed by atoms with Gasteiger partial charge in [-0.05, 0) is 55.0 Å². The Morgan fingerprint density at radius 2 is 1.94 bits per heavy atom. The molecule has 0 saturated carbocycles. The number of anilines is 1. The maximum atomic E-state index is 13.1. The molecule has 166 valence electrons. The van der Waals surface area contributed by atoms with E-state index in [0.717, 1.165) is 47.9 Å². The van der Waals surface area contributed by atoms with Crippen molar-refractivity contribution in [1.29, 1.82) is 0 Å². The summed E-state index contributed by atoms with van der Waals surface area (Å²) in [5.41, 5.74) is 7.62. The predicted molar refractivity (Wildman–Crippen MR) is 129 cm³/mol. The number of aryl methyl sites for hydroxylation is 1. The number of carbonyl (C=O) groups is 3. The Hall–Kier alpha value is -2.56. The number of primary amides is 1. The van der Waals surface area contributed by atoms with Crippen LogP contribution < -0.4 is 11.1 Å². The van der Waals surface area contributed by atoms with Gasteiger partial charge in [0.2, 0.25) is 5.91 Å². The molecule has 32 heavy (non-hydrogen) atoms. The third-order valence-corrected chi connectivity index (χ3v) is 7.86. The van der Waals surface area contributed by atoms with Gasteiger partial charge in [-0.3, -0.25) is 19.3 Å². The number of nitrogens with one attached hydrogen (secondary N) is 1. The number of rotatable bonds is 6. The Morgan fingerprint density at radius 3 is 2.66 bits per heavy atom. The Labute approximate surface area is 198 Å². The molecule has 2 aliphatic rings. The molecule has 3 N–H and O–H groups in total. The van der Waals surface area contributed by atoms with E-state index >= 15 is 0 Å². The molecule has 3 amide bonds. The number of benzene rings is 1. The summed E-state index contributed by atoms with van der Waals surface area (Å²) >= 11 is 7.85.